The lowest BCUT2D eigenvalue weighted by Crippen LogP contribution is -2.32. The molecule has 46 heavy (non-hydrogen) atoms. The van der Waals surface area contributed by atoms with E-state index in [1.807, 2.05) is 85.0 Å². The molecule has 1 aromatic heterocycles. The van der Waals surface area contributed by atoms with Crippen LogP contribution in [0, 0.1) is 13.8 Å². The summed E-state index contributed by atoms with van der Waals surface area (Å²) in [5.74, 6) is -0.234. The van der Waals surface area contributed by atoms with Gasteiger partial charge in [-0.3, -0.25) is 19.1 Å². The number of ether oxygens (including phenoxy) is 1. The number of para-hydroxylation sites is 2. The van der Waals surface area contributed by atoms with Gasteiger partial charge in [0.05, 0.1) is 33.2 Å². The number of carbonyl (C=O) groups excluding carboxylic acids is 1. The molecule has 3 heterocycles. The molecular formula is C36H31N3O3S4. The summed E-state index contributed by atoms with van der Waals surface area (Å²) in [5, 5.41) is 1.14. The number of nitrogens with zero attached hydrogens (tertiary/aromatic N) is 3. The Morgan fingerprint density at radius 3 is 2.17 bits per heavy atom. The minimum Gasteiger partial charge on any atom is -0.383 e. The SMILES string of the molecule is COCCN1C(=CC=CC=CC=c2sc(=C3SC(=S)N(c4ccccc4)C3=O)n(-c3ccccc3)c2=O)Sc2cc(C)c(C)cc21. The quantitative estimate of drug-likeness (QED) is 0.152. The number of methoxy groups -OCH3 is 1. The van der Waals surface area contributed by atoms with Crippen molar-refractivity contribution in [3.63, 3.8) is 0 Å². The number of rotatable bonds is 8. The number of fused-ring (bicyclic) bond motifs is 1. The van der Waals surface area contributed by atoms with Gasteiger partial charge in [0.2, 0.25) is 0 Å². The minimum absolute atomic E-state index is 0.189. The molecule has 0 N–H and O–H groups in total. The summed E-state index contributed by atoms with van der Waals surface area (Å²) in [6, 6.07) is 23.2. The lowest BCUT2D eigenvalue weighted by molar-refractivity contribution is -0.112. The van der Waals surface area contributed by atoms with E-state index in [0.29, 0.717) is 36.4 Å². The van der Waals surface area contributed by atoms with Gasteiger partial charge in [0.25, 0.3) is 11.5 Å². The van der Waals surface area contributed by atoms with E-state index in [2.05, 4.69) is 37.0 Å². The van der Waals surface area contributed by atoms with Crippen molar-refractivity contribution in [2.75, 3.05) is 30.1 Å². The largest absolute Gasteiger partial charge is 0.383 e. The number of thiazole rings is 1. The van der Waals surface area contributed by atoms with Gasteiger partial charge in [-0.25, -0.2) is 0 Å². The number of benzene rings is 3. The highest BCUT2D eigenvalue weighted by molar-refractivity contribution is 8.31. The summed E-state index contributed by atoms with van der Waals surface area (Å²) in [4.78, 5) is 32.9. The number of anilines is 2. The zero-order valence-corrected chi connectivity index (χ0v) is 28.8. The summed E-state index contributed by atoms with van der Waals surface area (Å²) in [5.41, 5.74) is 4.96. The molecule has 6 rings (SSSR count). The smallest absolute Gasteiger partial charge is 0.273 e. The monoisotopic (exact) mass is 681 g/mol. The molecule has 0 bridgehead atoms. The van der Waals surface area contributed by atoms with Crippen LogP contribution in [0.5, 0.6) is 0 Å². The molecule has 0 aliphatic carbocycles. The van der Waals surface area contributed by atoms with Gasteiger partial charge in [0.1, 0.15) is 9.57 Å². The number of aromatic nitrogens is 1. The summed E-state index contributed by atoms with van der Waals surface area (Å²) >= 11 is 9.87. The molecule has 1 saturated heterocycles. The fraction of sp³-hybridized carbons (Fsp3) is 0.139. The zero-order chi connectivity index (χ0) is 32.2. The first-order chi connectivity index (χ1) is 22.4. The summed E-state index contributed by atoms with van der Waals surface area (Å²) in [6.07, 6.45) is 11.6. The maximum Gasteiger partial charge on any atom is 0.273 e. The first-order valence-electron chi connectivity index (χ1n) is 14.6. The molecule has 6 nitrogen and oxygen atoms in total. The molecule has 1 fully saturated rings. The van der Waals surface area contributed by atoms with Crippen LogP contribution in [0.1, 0.15) is 11.1 Å². The first-order valence-corrected chi connectivity index (χ1v) is 17.5. The van der Waals surface area contributed by atoms with E-state index >= 15 is 0 Å². The van der Waals surface area contributed by atoms with Crippen LogP contribution in [-0.4, -0.2) is 35.1 Å². The zero-order valence-electron chi connectivity index (χ0n) is 25.5. The van der Waals surface area contributed by atoms with E-state index in [1.54, 1.807) is 29.5 Å². The van der Waals surface area contributed by atoms with E-state index in [0.717, 1.165) is 11.6 Å². The third-order valence-corrected chi connectivity index (χ3v) is 11.2. The number of aryl methyl sites for hydroxylation is 2. The lowest BCUT2D eigenvalue weighted by Gasteiger charge is -2.20. The van der Waals surface area contributed by atoms with Crippen molar-refractivity contribution in [2.45, 2.75) is 18.7 Å². The molecule has 10 heteroatoms. The Morgan fingerprint density at radius 1 is 0.826 bits per heavy atom. The summed E-state index contributed by atoms with van der Waals surface area (Å²) in [6.45, 7) is 5.68. The number of amides is 1. The third-order valence-electron chi connectivity index (χ3n) is 7.50. The third kappa shape index (κ3) is 6.49. The Morgan fingerprint density at radius 2 is 1.48 bits per heavy atom. The number of hydrogen-bond donors (Lipinski definition) is 0. The summed E-state index contributed by atoms with van der Waals surface area (Å²) in [7, 11) is 1.72. The average molecular weight is 682 g/mol. The molecule has 2 aliphatic heterocycles. The number of thiocarbonyl (C=S) groups is 1. The van der Waals surface area contributed by atoms with E-state index in [-0.39, 0.29) is 11.5 Å². The Labute approximate surface area is 285 Å². The van der Waals surface area contributed by atoms with Crippen LogP contribution in [0.15, 0.2) is 118 Å². The van der Waals surface area contributed by atoms with Gasteiger partial charge in [-0.1, -0.05) is 96.4 Å². The highest BCUT2D eigenvalue weighted by Gasteiger charge is 2.35. The molecule has 232 valence electrons. The number of allylic oxidation sites excluding steroid dienone is 5. The molecule has 4 aromatic rings. The fourth-order valence-electron chi connectivity index (χ4n) is 5.06. The molecule has 0 saturated carbocycles. The summed E-state index contributed by atoms with van der Waals surface area (Å²) < 4.78 is 8.49. The fourth-order valence-corrected chi connectivity index (χ4v) is 8.73. The van der Waals surface area contributed by atoms with Gasteiger partial charge in [-0.15, -0.1) is 11.3 Å². The second-order valence-corrected chi connectivity index (χ2v) is 14.2. The van der Waals surface area contributed by atoms with Crippen molar-refractivity contribution in [3.05, 3.63) is 139 Å². The Balaban J connectivity index is 1.31. The second-order valence-electron chi connectivity index (χ2n) is 10.5. The van der Waals surface area contributed by atoms with E-state index in [1.165, 1.54) is 49.7 Å². The number of thioether (sulfide) groups is 2. The van der Waals surface area contributed by atoms with Crippen LogP contribution in [-0.2, 0) is 9.53 Å². The van der Waals surface area contributed by atoms with E-state index in [9.17, 15) is 9.59 Å². The van der Waals surface area contributed by atoms with Gasteiger partial charge >= 0.3 is 0 Å². The van der Waals surface area contributed by atoms with Gasteiger partial charge in [-0.05, 0) is 73.5 Å². The first kappa shape index (κ1) is 32.0. The highest BCUT2D eigenvalue weighted by atomic mass is 32.2. The van der Waals surface area contributed by atoms with Crippen LogP contribution in [0.25, 0.3) is 16.7 Å². The molecule has 0 unspecified atom stereocenters. The Hall–Kier alpha value is -3.93. The van der Waals surface area contributed by atoms with Crippen LogP contribution in [0.4, 0.5) is 11.4 Å². The van der Waals surface area contributed by atoms with E-state index in [4.69, 9.17) is 17.0 Å². The van der Waals surface area contributed by atoms with Crippen molar-refractivity contribution in [2.24, 2.45) is 0 Å². The molecule has 1 amide bonds. The molecule has 3 aromatic carbocycles. The van der Waals surface area contributed by atoms with Gasteiger partial charge in [0, 0.05) is 18.6 Å². The van der Waals surface area contributed by atoms with Crippen LogP contribution >= 0.6 is 47.1 Å². The molecule has 0 spiro atoms. The lowest BCUT2D eigenvalue weighted by atomic mass is 10.1. The number of carbonyl (C=O) groups is 1. The maximum absolute atomic E-state index is 13.7. The highest BCUT2D eigenvalue weighted by Crippen LogP contribution is 2.47. The standard InChI is InChI=1S/C36H31N3O3S4/c1-24-22-28-30(23-25(24)2)44-31(37(28)20-21-42-3)19-13-5-4-12-18-29-33(40)38(26-14-8-6-9-15-26)35(45-29)32-34(41)39(36(43)46-32)27-16-10-7-11-17-27/h4-19,22-23H,20-21H2,1-3H3. The molecular weight excluding hydrogens is 651 g/mol. The average Bonchev–Trinajstić information content (AvgIpc) is 3.67. The van der Waals surface area contributed by atoms with Crippen LogP contribution < -0.4 is 24.6 Å². The Bertz CT molecular complexity index is 2080. The van der Waals surface area contributed by atoms with Crippen molar-refractivity contribution >= 4 is 79.7 Å². The van der Waals surface area contributed by atoms with Crippen molar-refractivity contribution < 1.29 is 9.53 Å². The van der Waals surface area contributed by atoms with Crippen LogP contribution in [0.2, 0.25) is 0 Å². The maximum atomic E-state index is 13.7. The van der Waals surface area contributed by atoms with Crippen molar-refractivity contribution in [1.29, 1.82) is 0 Å². The molecule has 0 radical (unpaired) electrons. The topological polar surface area (TPSA) is 54.8 Å². The normalized spacial score (nSPS) is 17.5. The molecule has 0 atom stereocenters. The van der Waals surface area contributed by atoms with Crippen molar-refractivity contribution in [3.8, 4) is 5.69 Å². The Kier molecular flexibility index (Phi) is 9.91. The second kappa shape index (κ2) is 14.2. The van der Waals surface area contributed by atoms with Gasteiger partial charge < -0.3 is 9.64 Å². The van der Waals surface area contributed by atoms with E-state index < -0.39 is 0 Å². The predicted octanol–water partition coefficient (Wildman–Crippen LogP) is 6.68. The predicted molar refractivity (Wildman–Crippen MR) is 199 cm³/mol. The minimum atomic E-state index is -0.234. The van der Waals surface area contributed by atoms with Crippen LogP contribution in [0.3, 0.4) is 0 Å². The molecule has 2 aliphatic rings. The number of hydrogen-bond acceptors (Lipinski definition) is 8. The van der Waals surface area contributed by atoms with Gasteiger partial charge in [0.15, 0.2) is 4.32 Å². The van der Waals surface area contributed by atoms with Crippen molar-refractivity contribution in [1.82, 2.24) is 4.57 Å². The van der Waals surface area contributed by atoms with Gasteiger partial charge in [-0.2, -0.15) is 0 Å².